The van der Waals surface area contributed by atoms with E-state index in [4.69, 9.17) is 0 Å². The first kappa shape index (κ1) is 13.3. The van der Waals surface area contributed by atoms with Gasteiger partial charge in [0.2, 0.25) is 5.91 Å². The van der Waals surface area contributed by atoms with E-state index in [2.05, 4.69) is 4.90 Å². The number of hydrogen-bond acceptors (Lipinski definition) is 4. The quantitative estimate of drug-likeness (QED) is 0.654. The van der Waals surface area contributed by atoms with E-state index in [9.17, 15) is 14.7 Å². The van der Waals surface area contributed by atoms with Gasteiger partial charge in [0.05, 0.1) is 0 Å². The van der Waals surface area contributed by atoms with Gasteiger partial charge in [-0.25, -0.2) is 0 Å². The number of amides is 1. The van der Waals surface area contributed by atoms with Gasteiger partial charge in [-0.05, 0) is 19.9 Å². The monoisotopic (exact) mass is 253 g/mol. The van der Waals surface area contributed by atoms with Crippen molar-refractivity contribution in [3.8, 4) is 0 Å². The fraction of sp³-hybridized carbons (Fsp3) is 0.846. The van der Waals surface area contributed by atoms with Crippen LogP contribution in [0.2, 0.25) is 0 Å². The zero-order valence-corrected chi connectivity index (χ0v) is 10.9. The molecule has 0 spiro atoms. The van der Waals surface area contributed by atoms with Crippen LogP contribution in [0.3, 0.4) is 0 Å². The lowest BCUT2D eigenvalue weighted by atomic mass is 9.78. The van der Waals surface area contributed by atoms with Crippen molar-refractivity contribution in [3.63, 3.8) is 0 Å². The second-order valence-corrected chi connectivity index (χ2v) is 5.45. The minimum Gasteiger partial charge on any atom is -0.550 e. The van der Waals surface area contributed by atoms with Gasteiger partial charge in [-0.2, -0.15) is 0 Å². The molecule has 0 aromatic carbocycles. The van der Waals surface area contributed by atoms with Crippen molar-refractivity contribution in [1.29, 1.82) is 0 Å². The van der Waals surface area contributed by atoms with Gasteiger partial charge in [-0.1, -0.05) is 12.8 Å². The Kier molecular flexibility index (Phi) is 4.22. The molecular weight excluding hydrogens is 232 g/mol. The molecule has 2 aliphatic rings. The minimum atomic E-state index is -1.05. The first-order chi connectivity index (χ1) is 8.59. The molecule has 1 aliphatic carbocycles. The second-order valence-electron chi connectivity index (χ2n) is 5.45. The highest BCUT2D eigenvalue weighted by atomic mass is 16.4. The number of aliphatic carboxylic acids is 1. The fourth-order valence-corrected chi connectivity index (χ4v) is 2.97. The summed E-state index contributed by atoms with van der Waals surface area (Å²) in [5.74, 6) is -1.96. The van der Waals surface area contributed by atoms with Crippen LogP contribution in [0.25, 0.3) is 0 Å². The molecule has 0 aromatic heterocycles. The molecule has 0 radical (unpaired) electrons. The van der Waals surface area contributed by atoms with Crippen LogP contribution in [0.5, 0.6) is 0 Å². The predicted octanol–water partition coefficient (Wildman–Crippen LogP) is -0.683. The Bertz CT molecular complexity index is 324. The fourth-order valence-electron chi connectivity index (χ4n) is 2.97. The van der Waals surface area contributed by atoms with Crippen LogP contribution in [0.1, 0.15) is 25.7 Å². The molecule has 2 atom stereocenters. The third kappa shape index (κ3) is 2.83. The maximum absolute atomic E-state index is 12.4. The van der Waals surface area contributed by atoms with Crippen molar-refractivity contribution >= 4 is 11.9 Å². The number of carboxylic acids is 1. The molecule has 1 heterocycles. The first-order valence-electron chi connectivity index (χ1n) is 6.78. The number of hydrogen-bond donors (Lipinski definition) is 0. The summed E-state index contributed by atoms with van der Waals surface area (Å²) in [6.07, 6.45) is 3.13. The zero-order chi connectivity index (χ0) is 13.1. The SMILES string of the molecule is CN1CCN(C(=O)C2CCCCC2C(=O)[O-])CC1. The Morgan fingerprint density at radius 3 is 2.11 bits per heavy atom. The smallest absolute Gasteiger partial charge is 0.226 e. The van der Waals surface area contributed by atoms with Gasteiger partial charge in [0.25, 0.3) is 0 Å². The van der Waals surface area contributed by atoms with E-state index in [1.807, 2.05) is 11.9 Å². The molecule has 5 heteroatoms. The van der Waals surface area contributed by atoms with E-state index in [1.165, 1.54) is 0 Å². The van der Waals surface area contributed by atoms with Crippen LogP contribution < -0.4 is 5.11 Å². The summed E-state index contributed by atoms with van der Waals surface area (Å²) >= 11 is 0. The lowest BCUT2D eigenvalue weighted by Crippen LogP contribution is -2.52. The minimum absolute atomic E-state index is 0.0250. The topological polar surface area (TPSA) is 63.7 Å². The molecule has 2 unspecified atom stereocenters. The van der Waals surface area contributed by atoms with Crippen LogP contribution in [0.15, 0.2) is 0 Å². The Labute approximate surface area is 108 Å². The lowest BCUT2D eigenvalue weighted by molar-refractivity contribution is -0.314. The van der Waals surface area contributed by atoms with Gasteiger partial charge in [0.15, 0.2) is 0 Å². The van der Waals surface area contributed by atoms with Crippen molar-refractivity contribution in [2.45, 2.75) is 25.7 Å². The Morgan fingerprint density at radius 2 is 1.56 bits per heavy atom. The summed E-state index contributed by atoms with van der Waals surface area (Å²) in [6, 6.07) is 0. The van der Waals surface area contributed by atoms with Crippen LogP contribution in [-0.4, -0.2) is 54.9 Å². The summed E-state index contributed by atoms with van der Waals surface area (Å²) in [6.45, 7) is 3.17. The van der Waals surface area contributed by atoms with Gasteiger partial charge >= 0.3 is 0 Å². The second kappa shape index (κ2) is 5.69. The molecule has 0 bridgehead atoms. The Hall–Kier alpha value is -1.10. The average Bonchev–Trinajstić information content (AvgIpc) is 2.39. The normalized spacial score (nSPS) is 30.2. The van der Waals surface area contributed by atoms with E-state index in [0.29, 0.717) is 25.9 Å². The molecule has 18 heavy (non-hydrogen) atoms. The van der Waals surface area contributed by atoms with E-state index in [1.54, 1.807) is 0 Å². The van der Waals surface area contributed by atoms with Crippen LogP contribution in [0.4, 0.5) is 0 Å². The van der Waals surface area contributed by atoms with E-state index < -0.39 is 11.9 Å². The lowest BCUT2D eigenvalue weighted by Gasteiger charge is -2.38. The summed E-state index contributed by atoms with van der Waals surface area (Å²) in [5, 5.41) is 11.1. The molecule has 2 rings (SSSR count). The van der Waals surface area contributed by atoms with Crippen LogP contribution >= 0.6 is 0 Å². The van der Waals surface area contributed by atoms with Gasteiger partial charge in [-0.3, -0.25) is 4.79 Å². The Balaban J connectivity index is 2.00. The number of carbonyl (C=O) groups is 2. The number of rotatable bonds is 2. The molecule has 102 valence electrons. The summed E-state index contributed by atoms with van der Waals surface area (Å²) in [5.41, 5.74) is 0. The van der Waals surface area contributed by atoms with Crippen LogP contribution in [0, 0.1) is 11.8 Å². The van der Waals surface area contributed by atoms with Gasteiger partial charge in [0, 0.05) is 44.0 Å². The molecule has 0 N–H and O–H groups in total. The summed E-state index contributed by atoms with van der Waals surface area (Å²) < 4.78 is 0. The number of nitrogens with zero attached hydrogens (tertiary/aromatic N) is 2. The Morgan fingerprint density at radius 1 is 1.00 bits per heavy atom. The molecule has 1 amide bonds. The van der Waals surface area contributed by atoms with Crippen molar-refractivity contribution < 1.29 is 14.7 Å². The molecule has 5 nitrogen and oxygen atoms in total. The molecule has 2 fully saturated rings. The number of carboxylic acid groups (broad SMARTS) is 1. The highest BCUT2D eigenvalue weighted by Gasteiger charge is 2.35. The third-order valence-corrected chi connectivity index (χ3v) is 4.20. The van der Waals surface area contributed by atoms with Crippen molar-refractivity contribution in [2.75, 3.05) is 33.2 Å². The molecule has 1 aliphatic heterocycles. The molecular formula is C13H21N2O3-. The zero-order valence-electron chi connectivity index (χ0n) is 10.9. The molecule has 1 saturated heterocycles. The van der Waals surface area contributed by atoms with Gasteiger partial charge in [0.1, 0.15) is 0 Å². The predicted molar refractivity (Wildman–Crippen MR) is 64.5 cm³/mol. The largest absolute Gasteiger partial charge is 0.550 e. The van der Waals surface area contributed by atoms with Crippen LogP contribution in [-0.2, 0) is 9.59 Å². The number of carbonyl (C=O) groups excluding carboxylic acids is 2. The molecule has 0 aromatic rings. The van der Waals surface area contributed by atoms with Gasteiger partial charge < -0.3 is 19.7 Å². The van der Waals surface area contributed by atoms with Crippen molar-refractivity contribution in [1.82, 2.24) is 9.80 Å². The number of piperazine rings is 1. The van der Waals surface area contributed by atoms with Gasteiger partial charge in [-0.15, -0.1) is 0 Å². The summed E-state index contributed by atoms with van der Waals surface area (Å²) in [7, 11) is 2.03. The highest BCUT2D eigenvalue weighted by Crippen LogP contribution is 2.31. The average molecular weight is 253 g/mol. The maximum Gasteiger partial charge on any atom is 0.226 e. The van der Waals surface area contributed by atoms with E-state index in [0.717, 1.165) is 25.9 Å². The van der Waals surface area contributed by atoms with Crippen molar-refractivity contribution in [3.05, 3.63) is 0 Å². The molecule has 1 saturated carbocycles. The highest BCUT2D eigenvalue weighted by molar-refractivity contribution is 5.84. The van der Waals surface area contributed by atoms with Crippen molar-refractivity contribution in [2.24, 2.45) is 11.8 Å². The third-order valence-electron chi connectivity index (χ3n) is 4.20. The maximum atomic E-state index is 12.4. The van der Waals surface area contributed by atoms with E-state index in [-0.39, 0.29) is 11.8 Å². The standard InChI is InChI=1S/C13H22N2O3/c1-14-6-8-15(9-7-14)12(16)10-4-2-3-5-11(10)13(17)18/h10-11H,2-9H2,1H3,(H,17,18)/p-1. The van der Waals surface area contributed by atoms with E-state index >= 15 is 0 Å². The summed E-state index contributed by atoms with van der Waals surface area (Å²) in [4.78, 5) is 27.5. The first-order valence-corrected chi connectivity index (χ1v) is 6.78. The number of likely N-dealkylation sites (N-methyl/N-ethyl adjacent to an activating group) is 1.